The maximum atomic E-state index is 12.8. The van der Waals surface area contributed by atoms with Crippen LogP contribution in [0.2, 0.25) is 10.0 Å². The maximum Gasteiger partial charge on any atom is 0.422 e. The van der Waals surface area contributed by atoms with E-state index in [-0.39, 0.29) is 60.3 Å². The molecule has 0 saturated heterocycles. The first-order valence-electron chi connectivity index (χ1n) is 28.0. The Morgan fingerprint density at radius 2 is 0.989 bits per heavy atom. The van der Waals surface area contributed by atoms with Gasteiger partial charge in [0.05, 0.1) is 29.7 Å². The summed E-state index contributed by atoms with van der Waals surface area (Å²) in [5.41, 5.74) is 12.1. The molecular formula is C58H65Cl2F6N17O9. The van der Waals surface area contributed by atoms with Gasteiger partial charge < -0.3 is 56.8 Å². The van der Waals surface area contributed by atoms with Crippen LogP contribution in [-0.4, -0.2) is 139 Å². The van der Waals surface area contributed by atoms with E-state index in [4.69, 9.17) is 58.7 Å². The summed E-state index contributed by atoms with van der Waals surface area (Å²) >= 11 is 12.0. The number of alkyl carbamates (subject to hydrolysis) is 2. The summed E-state index contributed by atoms with van der Waals surface area (Å²) in [6, 6.07) is 25.5. The molecule has 0 radical (unpaired) electrons. The number of aromatic carboxylic acids is 1. The van der Waals surface area contributed by atoms with Crippen molar-refractivity contribution in [2.45, 2.75) is 102 Å². The summed E-state index contributed by atoms with van der Waals surface area (Å²) < 4.78 is 96.0. The number of amides is 3. The van der Waals surface area contributed by atoms with Crippen molar-refractivity contribution in [2.75, 3.05) is 60.7 Å². The Morgan fingerprint density at radius 3 is 1.33 bits per heavy atom. The van der Waals surface area contributed by atoms with E-state index in [1.807, 2.05) is 24.3 Å². The number of aromatic nitrogens is 6. The number of aliphatic imine (C=N–C) groups is 2. The highest BCUT2D eigenvalue weighted by Crippen LogP contribution is 2.49. The number of nitrogens with two attached hydrogens (primary N) is 2. The van der Waals surface area contributed by atoms with Gasteiger partial charge in [-0.2, -0.15) is 56.2 Å². The average Bonchev–Trinajstić information content (AvgIpc) is 1.62. The molecule has 34 heteroatoms. The molecule has 3 aliphatic rings. The topological polar surface area (TPSA) is 355 Å². The predicted molar refractivity (Wildman–Crippen MR) is 329 cm³/mol. The number of ether oxygens (including phenoxy) is 4. The molecule has 26 nitrogen and oxygen atoms in total. The average molecular weight is 1330 g/mol. The highest BCUT2D eigenvalue weighted by atomic mass is 35.5. The summed E-state index contributed by atoms with van der Waals surface area (Å²) in [5.74, 6) is -1.32. The first kappa shape index (κ1) is 69.9. The fourth-order valence-electron chi connectivity index (χ4n) is 8.11. The van der Waals surface area contributed by atoms with Crippen molar-refractivity contribution < 1.29 is 69.6 Å². The minimum atomic E-state index is -4.57. The molecule has 92 heavy (non-hydrogen) atoms. The van der Waals surface area contributed by atoms with Gasteiger partial charge in [0.1, 0.15) is 11.2 Å². The van der Waals surface area contributed by atoms with Crippen molar-refractivity contribution in [2.24, 2.45) is 21.5 Å². The van der Waals surface area contributed by atoms with E-state index < -0.39 is 78.0 Å². The van der Waals surface area contributed by atoms with Gasteiger partial charge in [0.25, 0.3) is 5.91 Å². The lowest BCUT2D eigenvalue weighted by molar-refractivity contribution is -0.155. The van der Waals surface area contributed by atoms with Crippen LogP contribution >= 0.6 is 23.2 Å². The van der Waals surface area contributed by atoms with E-state index in [1.54, 1.807) is 90.1 Å². The normalized spacial score (nSPS) is 14.4. The zero-order chi connectivity index (χ0) is 67.2. The molecule has 0 atom stereocenters. The number of hydrogen-bond acceptors (Lipinski definition) is 22. The monoisotopic (exact) mass is 1330 g/mol. The lowest BCUT2D eigenvalue weighted by atomic mass is 10.1. The summed E-state index contributed by atoms with van der Waals surface area (Å²) in [4.78, 5) is 80.8. The molecule has 2 aliphatic carbocycles. The fraction of sp³-hybridized carbons (Fsp3) is 0.379. The smallest absolute Gasteiger partial charge is 0.422 e. The summed E-state index contributed by atoms with van der Waals surface area (Å²) in [6.45, 7) is 8.61. The van der Waals surface area contributed by atoms with Crippen molar-refractivity contribution in [3.8, 4) is 12.0 Å². The maximum absolute atomic E-state index is 12.8. The number of hydrogen-bond donors (Lipinski definition) is 9. The first-order valence-corrected chi connectivity index (χ1v) is 28.7. The highest BCUT2D eigenvalue weighted by molar-refractivity contribution is 6.30. The second kappa shape index (κ2) is 29.6. The molecule has 9 rings (SSSR count). The lowest BCUT2D eigenvalue weighted by Gasteiger charge is -2.22. The Bertz CT molecular complexity index is 3580. The van der Waals surface area contributed by atoms with Crippen LogP contribution in [0.1, 0.15) is 99.1 Å². The summed E-state index contributed by atoms with van der Waals surface area (Å²) in [5, 5.41) is 27.0. The van der Waals surface area contributed by atoms with Crippen LogP contribution in [0.4, 0.5) is 71.1 Å². The number of nitrogens with zero attached hydrogens (tertiary/aromatic N) is 9. The van der Waals surface area contributed by atoms with Crippen molar-refractivity contribution >= 4 is 94.4 Å². The Balaban J connectivity index is 0.000000205. The van der Waals surface area contributed by atoms with Crippen LogP contribution in [0.15, 0.2) is 107 Å². The second-order valence-electron chi connectivity index (χ2n) is 22.4. The second-order valence-corrected chi connectivity index (χ2v) is 23.3. The third-order valence-corrected chi connectivity index (χ3v) is 13.0. The van der Waals surface area contributed by atoms with E-state index in [2.05, 4.69) is 71.8 Å². The van der Waals surface area contributed by atoms with Crippen molar-refractivity contribution in [1.29, 1.82) is 0 Å². The number of halogens is 8. The molecule has 2 saturated carbocycles. The van der Waals surface area contributed by atoms with Gasteiger partial charge in [-0.05, 0) is 151 Å². The lowest BCUT2D eigenvalue weighted by Crippen LogP contribution is -2.47. The Labute approximate surface area is 532 Å². The van der Waals surface area contributed by atoms with E-state index in [1.165, 1.54) is 29.2 Å². The molecule has 1 aliphatic heterocycles. The molecule has 2 fully saturated rings. The standard InChI is InChI=1S/C24H22ClF3N8O2.C21H17ClF3N5O3.C13H26N4O4/c25-16-5-3-15(4-6-16)23(9-10-23)35-21-32-20(33-22(34-21)38-13-24(26,27)28)31-17-7-1-14(2-8-17)18(37)36-12-11-30-19(36)29;22-14-5-3-13(4-6-14)20(9-10-20)30-18-27-17(28-19(29-18)33-11-21(23,24)25)26-15-7-1-12(2-8-15)16(31)32;1-12(2,3)20-10(18)16-9(15-8-7-14)17-11(19)21-13(4,5)6/h1-8H,9-13H2,(H2,29,30)(H2,31,32,33,34,35);1-8H,9-11H2,(H,31,32)(H2,26,27,28,29,30);7-8,14H2,1-6H3,(H2,15,16,17,18,19). The van der Waals surface area contributed by atoms with E-state index in [0.717, 1.165) is 36.8 Å². The van der Waals surface area contributed by atoms with Crippen LogP contribution in [0.5, 0.6) is 12.0 Å². The minimum absolute atomic E-state index is 0.0271. The van der Waals surface area contributed by atoms with Gasteiger partial charge in [-0.1, -0.05) is 47.5 Å². The number of rotatable bonds is 18. The van der Waals surface area contributed by atoms with Gasteiger partial charge in [-0.15, -0.1) is 0 Å². The number of carboxylic acid groups (broad SMARTS) is 1. The van der Waals surface area contributed by atoms with Crippen molar-refractivity contribution in [1.82, 2.24) is 45.4 Å². The SMILES string of the molecule is CC(C)(C)OC(=O)NC(=NCCN)NC(=O)OC(C)(C)C.NC1=NCCN1C(=O)c1ccc(Nc2nc(NC3(c4ccc(Cl)cc4)CC3)nc(OCC(F)(F)F)n2)cc1.O=C(O)c1ccc(Nc2nc(NC3(c4ccc(Cl)cc4)CC3)nc(OCC(F)(F)F)n2)cc1. The van der Waals surface area contributed by atoms with Crippen LogP contribution < -0.4 is 52.8 Å². The number of guanidine groups is 2. The number of carboxylic acids is 1. The van der Waals surface area contributed by atoms with Crippen LogP contribution in [0.3, 0.4) is 0 Å². The van der Waals surface area contributed by atoms with Gasteiger partial charge in [-0.3, -0.25) is 30.3 Å². The van der Waals surface area contributed by atoms with E-state index in [9.17, 15) is 45.5 Å². The minimum Gasteiger partial charge on any atom is -0.478 e. The van der Waals surface area contributed by atoms with Crippen molar-refractivity contribution in [3.05, 3.63) is 129 Å². The molecule has 3 amide bonds. The number of benzene rings is 4. The number of carbonyl (C=O) groups excluding carboxylic acids is 3. The number of anilines is 6. The van der Waals surface area contributed by atoms with Gasteiger partial charge in [0.2, 0.25) is 29.8 Å². The molecule has 2 aromatic heterocycles. The molecule has 0 spiro atoms. The van der Waals surface area contributed by atoms with Crippen LogP contribution in [0.25, 0.3) is 0 Å². The Kier molecular flexibility index (Phi) is 22.5. The first-order chi connectivity index (χ1) is 43.1. The zero-order valence-corrected chi connectivity index (χ0v) is 51.7. The fourth-order valence-corrected chi connectivity index (χ4v) is 8.36. The Hall–Kier alpha value is -9.56. The highest BCUT2D eigenvalue weighted by Gasteiger charge is 2.46. The molecule has 3 heterocycles. The third kappa shape index (κ3) is 22.4. The molecule has 6 aromatic rings. The van der Waals surface area contributed by atoms with Gasteiger partial charge in [-0.25, -0.2) is 14.4 Å². The molecule has 492 valence electrons. The van der Waals surface area contributed by atoms with Gasteiger partial charge in [0.15, 0.2) is 19.2 Å². The van der Waals surface area contributed by atoms with Gasteiger partial charge in [0, 0.05) is 40.1 Å². The molecular weight excluding hydrogens is 1260 g/mol. The number of alkyl halides is 6. The zero-order valence-electron chi connectivity index (χ0n) is 50.2. The Morgan fingerprint density at radius 1 is 0.598 bits per heavy atom. The largest absolute Gasteiger partial charge is 0.478 e. The molecule has 11 N–H and O–H groups in total. The molecule has 0 unspecified atom stereocenters. The van der Waals surface area contributed by atoms with Crippen molar-refractivity contribution in [3.63, 3.8) is 0 Å². The van der Waals surface area contributed by atoms with E-state index >= 15 is 0 Å². The summed E-state index contributed by atoms with van der Waals surface area (Å²) in [7, 11) is 0. The predicted octanol–water partition coefficient (Wildman–Crippen LogP) is 10.4. The molecule has 4 aromatic carbocycles. The third-order valence-electron chi connectivity index (χ3n) is 12.5. The van der Waals surface area contributed by atoms with Crippen LogP contribution in [0, 0.1) is 0 Å². The molecule has 0 bridgehead atoms. The quantitative estimate of drug-likeness (QED) is 0.0219. The van der Waals surface area contributed by atoms with Crippen LogP contribution in [-0.2, 0) is 20.6 Å². The van der Waals surface area contributed by atoms with E-state index in [0.29, 0.717) is 40.1 Å². The van der Waals surface area contributed by atoms with Gasteiger partial charge >= 0.3 is 42.5 Å². The summed E-state index contributed by atoms with van der Waals surface area (Å²) in [6.07, 6.45) is -7.53. The number of nitrogens with one attached hydrogen (secondary N) is 6. The number of carbonyl (C=O) groups is 4.